The Morgan fingerprint density at radius 3 is 2.41 bits per heavy atom. The predicted molar refractivity (Wildman–Crippen MR) is 125 cm³/mol. The zero-order valence-corrected chi connectivity index (χ0v) is 19.5. The van der Waals surface area contributed by atoms with Crippen LogP contribution in [0.3, 0.4) is 0 Å². The molecule has 1 heterocycles. The number of aromatic nitrogens is 2. The third-order valence-corrected chi connectivity index (χ3v) is 6.60. The van der Waals surface area contributed by atoms with Gasteiger partial charge in [0.05, 0.1) is 27.8 Å². The normalized spacial score (nSPS) is 14.4. The highest BCUT2D eigenvalue weighted by molar-refractivity contribution is 6.31. The number of carboxylic acids is 1. The van der Waals surface area contributed by atoms with Crippen LogP contribution in [-0.4, -0.2) is 26.5 Å². The van der Waals surface area contributed by atoms with Crippen LogP contribution in [0.25, 0.3) is 16.9 Å². The van der Waals surface area contributed by atoms with Crippen molar-refractivity contribution in [1.82, 2.24) is 9.55 Å². The van der Waals surface area contributed by atoms with Gasteiger partial charge in [-0.3, -0.25) is 14.2 Å². The van der Waals surface area contributed by atoms with Gasteiger partial charge in [0.1, 0.15) is 11.6 Å². The van der Waals surface area contributed by atoms with Gasteiger partial charge in [0, 0.05) is 11.5 Å². The van der Waals surface area contributed by atoms with Crippen molar-refractivity contribution < 1.29 is 23.5 Å². The number of carbonyl (C=O) groups is 2. The molecule has 0 saturated heterocycles. The first-order valence-electron chi connectivity index (χ1n) is 10.8. The van der Waals surface area contributed by atoms with Crippen molar-refractivity contribution in [2.75, 3.05) is 0 Å². The molecule has 1 aromatic heterocycles. The summed E-state index contributed by atoms with van der Waals surface area (Å²) in [5.41, 5.74) is 5.89. The lowest BCUT2D eigenvalue weighted by molar-refractivity contribution is -0.136. The van der Waals surface area contributed by atoms with Crippen LogP contribution in [0.5, 0.6) is 0 Å². The van der Waals surface area contributed by atoms with Crippen LogP contribution in [0.15, 0.2) is 30.3 Å². The fourth-order valence-electron chi connectivity index (χ4n) is 4.51. The number of hydrogen-bond donors (Lipinski definition) is 2. The van der Waals surface area contributed by atoms with Crippen molar-refractivity contribution >= 4 is 35.1 Å². The van der Waals surface area contributed by atoms with Gasteiger partial charge in [-0.25, -0.2) is 13.8 Å². The predicted octanol–water partition coefficient (Wildman–Crippen LogP) is 5.90. The Morgan fingerprint density at radius 2 is 1.79 bits per heavy atom. The zero-order valence-electron chi connectivity index (χ0n) is 18.0. The summed E-state index contributed by atoms with van der Waals surface area (Å²) < 4.78 is 31.0. The molecule has 0 atom stereocenters. The number of imidazole rings is 1. The van der Waals surface area contributed by atoms with Gasteiger partial charge in [-0.2, -0.15) is 0 Å². The lowest BCUT2D eigenvalue weighted by atomic mass is 9.88. The van der Waals surface area contributed by atoms with Gasteiger partial charge < -0.3 is 10.8 Å². The topological polar surface area (TPSA) is 98.2 Å². The Balaban J connectivity index is 2.12. The summed E-state index contributed by atoms with van der Waals surface area (Å²) in [4.78, 5) is 28.6. The Bertz CT molecular complexity index is 1290. The fourth-order valence-corrected chi connectivity index (χ4v) is 4.84. The summed E-state index contributed by atoms with van der Waals surface area (Å²) in [5.74, 6) is -3.34. The number of rotatable bonds is 6. The molecule has 178 valence electrons. The summed E-state index contributed by atoms with van der Waals surface area (Å²) in [6.07, 6.45) is 3.87. The smallest absolute Gasteiger partial charge is 0.307 e. The summed E-state index contributed by atoms with van der Waals surface area (Å²) in [5, 5.41) is 9.01. The van der Waals surface area contributed by atoms with Crippen LogP contribution in [0.2, 0.25) is 10.0 Å². The van der Waals surface area contributed by atoms with Gasteiger partial charge in [-0.1, -0.05) is 48.5 Å². The summed E-state index contributed by atoms with van der Waals surface area (Å²) in [7, 11) is 0. The lowest BCUT2D eigenvalue weighted by Crippen LogP contribution is -2.16. The molecular weight excluding hydrogens is 487 g/mol. The van der Waals surface area contributed by atoms with E-state index in [0.717, 1.165) is 38.2 Å². The molecular formula is C24H21Cl2F2N3O3. The number of halogens is 4. The first-order chi connectivity index (χ1) is 16.2. The standard InChI is InChI=1S/C24H21Cl2F2N3O3/c25-15-8-6-14(11-18(32)33)21(19(15)28)31-22(13-7-9-17(27)16(26)10-13)20(23(29)34)30-24(31)12-4-2-1-3-5-12/h6-10,12H,1-5,11H2,(H2,29,34)(H,32,33). The highest BCUT2D eigenvalue weighted by Gasteiger charge is 2.32. The van der Waals surface area contributed by atoms with E-state index in [-0.39, 0.29) is 44.2 Å². The minimum Gasteiger partial charge on any atom is -0.481 e. The van der Waals surface area contributed by atoms with Crippen molar-refractivity contribution in [1.29, 1.82) is 0 Å². The molecule has 1 saturated carbocycles. The van der Waals surface area contributed by atoms with E-state index < -0.39 is 29.9 Å². The van der Waals surface area contributed by atoms with Crippen molar-refractivity contribution in [3.8, 4) is 16.9 Å². The number of carbonyl (C=O) groups excluding carboxylic acids is 1. The molecule has 0 bridgehead atoms. The molecule has 10 heteroatoms. The van der Waals surface area contributed by atoms with E-state index >= 15 is 4.39 Å². The van der Waals surface area contributed by atoms with Crippen LogP contribution in [0.4, 0.5) is 8.78 Å². The monoisotopic (exact) mass is 507 g/mol. The third kappa shape index (κ3) is 4.52. The Hall–Kier alpha value is -2.97. The molecule has 0 radical (unpaired) electrons. The van der Waals surface area contributed by atoms with Crippen molar-refractivity contribution in [2.24, 2.45) is 5.73 Å². The van der Waals surface area contributed by atoms with E-state index in [1.54, 1.807) is 0 Å². The van der Waals surface area contributed by atoms with Crippen LogP contribution < -0.4 is 5.73 Å². The maximum absolute atomic E-state index is 15.6. The molecule has 0 unspecified atom stereocenters. The minimum absolute atomic E-state index is 0.0998. The lowest BCUT2D eigenvalue weighted by Gasteiger charge is -2.24. The fraction of sp³-hybridized carbons (Fsp3) is 0.292. The molecule has 0 aliphatic heterocycles. The molecule has 3 aromatic rings. The van der Waals surface area contributed by atoms with Gasteiger partial charge >= 0.3 is 5.97 Å². The summed E-state index contributed by atoms with van der Waals surface area (Å²) in [6.45, 7) is 0. The average Bonchev–Trinajstić information content (AvgIpc) is 3.19. The number of benzene rings is 2. The average molecular weight is 508 g/mol. The molecule has 1 aliphatic rings. The first-order valence-corrected chi connectivity index (χ1v) is 11.5. The number of nitrogens with zero attached hydrogens (tertiary/aromatic N) is 2. The number of nitrogens with two attached hydrogens (primary N) is 1. The number of aliphatic carboxylic acids is 1. The maximum Gasteiger partial charge on any atom is 0.307 e. The van der Waals surface area contributed by atoms with E-state index in [1.165, 1.54) is 28.8 Å². The molecule has 1 fully saturated rings. The second-order valence-electron chi connectivity index (χ2n) is 8.27. The number of amides is 1. The first kappa shape index (κ1) is 24.2. The second kappa shape index (κ2) is 9.72. The van der Waals surface area contributed by atoms with E-state index in [4.69, 9.17) is 28.9 Å². The second-order valence-corrected chi connectivity index (χ2v) is 9.08. The van der Waals surface area contributed by atoms with Gasteiger partial charge in [-0.15, -0.1) is 0 Å². The van der Waals surface area contributed by atoms with Gasteiger partial charge in [0.25, 0.3) is 5.91 Å². The number of primary amides is 1. The van der Waals surface area contributed by atoms with E-state index in [0.29, 0.717) is 5.82 Å². The van der Waals surface area contributed by atoms with Gasteiger partial charge in [0.15, 0.2) is 11.5 Å². The Labute approximate surface area is 204 Å². The SMILES string of the molecule is NC(=O)c1nc(C2CCCCC2)n(-c2c(CC(=O)O)ccc(Cl)c2F)c1-c1ccc(F)c(Cl)c1. The quantitative estimate of drug-likeness (QED) is 0.433. The zero-order chi connectivity index (χ0) is 24.6. The molecule has 0 spiro atoms. The molecule has 4 rings (SSSR count). The van der Waals surface area contributed by atoms with Crippen LogP contribution >= 0.6 is 23.2 Å². The van der Waals surface area contributed by atoms with Crippen molar-refractivity contribution in [2.45, 2.75) is 44.4 Å². The number of hydrogen-bond acceptors (Lipinski definition) is 3. The van der Waals surface area contributed by atoms with E-state index in [9.17, 15) is 19.1 Å². The van der Waals surface area contributed by atoms with E-state index in [2.05, 4.69) is 4.98 Å². The highest BCUT2D eigenvalue weighted by Crippen LogP contribution is 2.40. The van der Waals surface area contributed by atoms with Crippen LogP contribution in [-0.2, 0) is 11.2 Å². The minimum atomic E-state index is -1.18. The molecule has 1 aliphatic carbocycles. The molecule has 3 N–H and O–H groups in total. The Morgan fingerprint density at radius 1 is 1.09 bits per heavy atom. The largest absolute Gasteiger partial charge is 0.481 e. The summed E-state index contributed by atoms with van der Waals surface area (Å²) in [6, 6.07) is 6.49. The molecule has 34 heavy (non-hydrogen) atoms. The van der Waals surface area contributed by atoms with Gasteiger partial charge in [0.2, 0.25) is 0 Å². The molecule has 2 aromatic carbocycles. The summed E-state index contributed by atoms with van der Waals surface area (Å²) >= 11 is 12.1. The molecule has 1 amide bonds. The number of carboxylic acid groups (broad SMARTS) is 1. The highest BCUT2D eigenvalue weighted by atomic mass is 35.5. The molecule has 6 nitrogen and oxygen atoms in total. The third-order valence-electron chi connectivity index (χ3n) is 6.02. The van der Waals surface area contributed by atoms with Crippen molar-refractivity contribution in [3.05, 3.63) is 69.1 Å². The van der Waals surface area contributed by atoms with Crippen LogP contribution in [0, 0.1) is 11.6 Å². The maximum atomic E-state index is 15.6. The van der Waals surface area contributed by atoms with E-state index in [1.807, 2.05) is 0 Å². The van der Waals surface area contributed by atoms with Crippen molar-refractivity contribution in [3.63, 3.8) is 0 Å². The van der Waals surface area contributed by atoms with Crippen LogP contribution in [0.1, 0.15) is 59.9 Å². The van der Waals surface area contributed by atoms with Gasteiger partial charge in [-0.05, 0) is 42.7 Å². The Kier molecular flexibility index (Phi) is 6.91.